The van der Waals surface area contributed by atoms with E-state index in [0.717, 1.165) is 22.5 Å². The summed E-state index contributed by atoms with van der Waals surface area (Å²) in [4.78, 5) is 15.9. The third-order valence-corrected chi connectivity index (χ3v) is 4.73. The number of hydrogen-bond acceptors (Lipinski definition) is 5. The van der Waals surface area contributed by atoms with Crippen molar-refractivity contribution in [3.63, 3.8) is 0 Å². The van der Waals surface area contributed by atoms with Crippen LogP contribution in [0.1, 0.15) is 29.7 Å². The highest BCUT2D eigenvalue weighted by molar-refractivity contribution is 6.36. The first-order valence-electron chi connectivity index (χ1n) is 8.21. The first-order chi connectivity index (χ1) is 13.0. The van der Waals surface area contributed by atoms with E-state index < -0.39 is 0 Å². The number of fused-ring (bicyclic) bond motifs is 3. The molecule has 8 heteroatoms. The predicted octanol–water partition coefficient (Wildman–Crippen LogP) is 3.99. The standard InChI is InChI=1S/C19H14Cl2N4O2/c1-11(26)27-10-18-24-23-17-9-22-19(13-4-2-3-5-15(13)21)14-8-12(20)6-7-16(14)25(17)18/h2-8H,9-10H2,1H3. The Hall–Kier alpha value is -2.70. The lowest BCUT2D eigenvalue weighted by atomic mass is 10.0. The van der Waals surface area contributed by atoms with Crippen LogP contribution in [0.2, 0.25) is 10.0 Å². The molecular formula is C19H14Cl2N4O2. The molecule has 136 valence electrons. The molecule has 0 unspecified atom stereocenters. The summed E-state index contributed by atoms with van der Waals surface area (Å²) in [5.74, 6) is 0.771. The van der Waals surface area contributed by atoms with Gasteiger partial charge in [0.2, 0.25) is 0 Å². The van der Waals surface area contributed by atoms with Crippen LogP contribution in [-0.4, -0.2) is 26.4 Å². The molecule has 6 nitrogen and oxygen atoms in total. The molecular weight excluding hydrogens is 387 g/mol. The van der Waals surface area contributed by atoms with E-state index in [4.69, 9.17) is 32.9 Å². The topological polar surface area (TPSA) is 69.4 Å². The van der Waals surface area contributed by atoms with Gasteiger partial charge in [-0.25, -0.2) is 0 Å². The van der Waals surface area contributed by atoms with Crippen molar-refractivity contribution in [2.24, 2.45) is 4.99 Å². The third kappa shape index (κ3) is 3.34. The van der Waals surface area contributed by atoms with E-state index in [2.05, 4.69) is 10.2 Å². The Morgan fingerprint density at radius 1 is 1.15 bits per heavy atom. The molecule has 1 aliphatic rings. The number of hydrogen-bond donors (Lipinski definition) is 0. The van der Waals surface area contributed by atoms with E-state index in [1.54, 1.807) is 6.07 Å². The Bertz CT molecular complexity index is 1080. The molecule has 0 atom stereocenters. The van der Waals surface area contributed by atoms with Gasteiger partial charge in [0.1, 0.15) is 6.54 Å². The molecule has 1 aromatic heterocycles. The Labute approximate surface area is 165 Å². The average molecular weight is 401 g/mol. The Balaban J connectivity index is 1.90. The fraction of sp³-hybridized carbons (Fsp3) is 0.158. The van der Waals surface area contributed by atoms with Crippen LogP contribution in [0.3, 0.4) is 0 Å². The minimum atomic E-state index is -0.384. The molecule has 0 radical (unpaired) electrons. The number of halogens is 2. The molecule has 0 fully saturated rings. The molecule has 0 N–H and O–H groups in total. The molecule has 0 saturated carbocycles. The predicted molar refractivity (Wildman–Crippen MR) is 103 cm³/mol. The van der Waals surface area contributed by atoms with Crippen LogP contribution in [0, 0.1) is 0 Å². The molecule has 2 heterocycles. The minimum absolute atomic E-state index is 0.0197. The van der Waals surface area contributed by atoms with Gasteiger partial charge in [-0.15, -0.1) is 10.2 Å². The second kappa shape index (κ2) is 7.13. The number of aromatic nitrogens is 3. The lowest BCUT2D eigenvalue weighted by molar-refractivity contribution is -0.142. The van der Waals surface area contributed by atoms with Crippen molar-refractivity contribution < 1.29 is 9.53 Å². The molecule has 1 aliphatic heterocycles. The number of rotatable bonds is 3. The van der Waals surface area contributed by atoms with Crippen LogP contribution < -0.4 is 0 Å². The van der Waals surface area contributed by atoms with E-state index in [1.807, 2.05) is 41.0 Å². The van der Waals surface area contributed by atoms with Crippen molar-refractivity contribution >= 4 is 34.9 Å². The Morgan fingerprint density at radius 2 is 1.96 bits per heavy atom. The van der Waals surface area contributed by atoms with Gasteiger partial charge in [-0.1, -0.05) is 41.4 Å². The van der Waals surface area contributed by atoms with E-state index in [1.165, 1.54) is 6.92 Å². The van der Waals surface area contributed by atoms with Crippen LogP contribution >= 0.6 is 23.2 Å². The highest BCUT2D eigenvalue weighted by atomic mass is 35.5. The highest BCUT2D eigenvalue weighted by Gasteiger charge is 2.24. The van der Waals surface area contributed by atoms with Crippen molar-refractivity contribution in [3.05, 3.63) is 75.3 Å². The summed E-state index contributed by atoms with van der Waals surface area (Å²) in [6.07, 6.45) is 0. The number of benzene rings is 2. The zero-order chi connectivity index (χ0) is 19.0. The molecule has 0 bridgehead atoms. The number of aliphatic imine (C=N–C) groups is 1. The molecule has 0 amide bonds. The molecule has 3 aromatic rings. The average Bonchev–Trinajstić information content (AvgIpc) is 2.97. The molecule has 27 heavy (non-hydrogen) atoms. The maximum absolute atomic E-state index is 11.2. The van der Waals surface area contributed by atoms with Gasteiger partial charge in [0, 0.05) is 28.1 Å². The van der Waals surface area contributed by atoms with Gasteiger partial charge in [-0.05, 0) is 24.3 Å². The lowest BCUT2D eigenvalue weighted by Crippen LogP contribution is -2.11. The first-order valence-corrected chi connectivity index (χ1v) is 8.96. The Morgan fingerprint density at radius 3 is 2.74 bits per heavy atom. The summed E-state index contributed by atoms with van der Waals surface area (Å²) in [5.41, 5.74) is 3.14. The van der Waals surface area contributed by atoms with Gasteiger partial charge in [0.25, 0.3) is 0 Å². The summed E-state index contributed by atoms with van der Waals surface area (Å²) in [7, 11) is 0. The van der Waals surface area contributed by atoms with Crippen molar-refractivity contribution in [2.75, 3.05) is 0 Å². The summed E-state index contributed by atoms with van der Waals surface area (Å²) < 4.78 is 6.96. The SMILES string of the molecule is CC(=O)OCc1nnc2n1-c1ccc(Cl)cc1C(c1ccccc1Cl)=NC2. The van der Waals surface area contributed by atoms with Crippen LogP contribution in [-0.2, 0) is 22.7 Å². The second-order valence-electron chi connectivity index (χ2n) is 5.95. The molecule has 4 rings (SSSR count). The lowest BCUT2D eigenvalue weighted by Gasteiger charge is -2.14. The van der Waals surface area contributed by atoms with Crippen LogP contribution in [0.5, 0.6) is 0 Å². The minimum Gasteiger partial charge on any atom is -0.458 e. The summed E-state index contributed by atoms with van der Waals surface area (Å²) in [6.45, 7) is 1.68. The normalized spacial score (nSPS) is 12.6. The van der Waals surface area contributed by atoms with Crippen LogP contribution in [0.15, 0.2) is 47.5 Å². The zero-order valence-corrected chi connectivity index (χ0v) is 15.8. The molecule has 0 aliphatic carbocycles. The number of nitrogens with zero attached hydrogens (tertiary/aromatic N) is 4. The first kappa shape index (κ1) is 17.7. The second-order valence-corrected chi connectivity index (χ2v) is 6.80. The van der Waals surface area contributed by atoms with Gasteiger partial charge >= 0.3 is 5.97 Å². The van der Waals surface area contributed by atoms with Crippen molar-refractivity contribution in [3.8, 4) is 5.69 Å². The van der Waals surface area contributed by atoms with Crippen molar-refractivity contribution in [1.82, 2.24) is 14.8 Å². The number of esters is 1. The quantitative estimate of drug-likeness (QED) is 0.623. The third-order valence-electron chi connectivity index (χ3n) is 4.16. The smallest absolute Gasteiger partial charge is 0.303 e. The maximum atomic E-state index is 11.2. The van der Waals surface area contributed by atoms with E-state index in [9.17, 15) is 4.79 Å². The zero-order valence-electron chi connectivity index (χ0n) is 14.3. The molecule has 0 spiro atoms. The summed E-state index contributed by atoms with van der Waals surface area (Å²) >= 11 is 12.7. The van der Waals surface area contributed by atoms with E-state index in [0.29, 0.717) is 28.2 Å². The van der Waals surface area contributed by atoms with E-state index in [-0.39, 0.29) is 12.6 Å². The van der Waals surface area contributed by atoms with Gasteiger partial charge in [0.05, 0.1) is 11.4 Å². The number of carbonyl (C=O) groups is 1. The summed E-state index contributed by atoms with van der Waals surface area (Å²) in [5, 5.41) is 9.54. The van der Waals surface area contributed by atoms with Crippen molar-refractivity contribution in [2.45, 2.75) is 20.1 Å². The summed E-state index contributed by atoms with van der Waals surface area (Å²) in [6, 6.07) is 13.0. The largest absolute Gasteiger partial charge is 0.458 e. The van der Waals surface area contributed by atoms with Gasteiger partial charge in [0.15, 0.2) is 18.3 Å². The monoisotopic (exact) mass is 400 g/mol. The maximum Gasteiger partial charge on any atom is 0.303 e. The number of carbonyl (C=O) groups excluding carboxylic acids is 1. The van der Waals surface area contributed by atoms with Gasteiger partial charge in [-0.3, -0.25) is 14.4 Å². The van der Waals surface area contributed by atoms with Crippen LogP contribution in [0.4, 0.5) is 0 Å². The fourth-order valence-electron chi connectivity index (χ4n) is 3.01. The fourth-order valence-corrected chi connectivity index (χ4v) is 3.40. The van der Waals surface area contributed by atoms with Crippen molar-refractivity contribution in [1.29, 1.82) is 0 Å². The van der Waals surface area contributed by atoms with Crippen LogP contribution in [0.25, 0.3) is 5.69 Å². The van der Waals surface area contributed by atoms with Gasteiger partial charge < -0.3 is 4.74 Å². The number of ether oxygens (including phenoxy) is 1. The molecule has 0 saturated heterocycles. The van der Waals surface area contributed by atoms with E-state index >= 15 is 0 Å². The highest BCUT2D eigenvalue weighted by Crippen LogP contribution is 2.30. The van der Waals surface area contributed by atoms with Gasteiger partial charge in [-0.2, -0.15) is 0 Å². The molecule has 2 aromatic carbocycles. The Kier molecular flexibility index (Phi) is 4.68.